The summed E-state index contributed by atoms with van der Waals surface area (Å²) in [7, 11) is 0. The molecule has 1 aromatic heterocycles. The fraction of sp³-hybridized carbons (Fsp3) is 0.176. The van der Waals surface area contributed by atoms with Crippen molar-refractivity contribution in [3.8, 4) is 0 Å². The number of benzene rings is 2. The number of aromatic nitrogens is 2. The SMILES string of the molecule is CC(C)c1ccc(Nc2nc(Cl)nc3ccccc23)cc1. The first kappa shape index (κ1) is 13.8. The van der Waals surface area contributed by atoms with E-state index in [0.717, 1.165) is 22.4 Å². The first-order valence-electron chi connectivity index (χ1n) is 6.93. The standard InChI is InChI=1S/C17H16ClN3/c1-11(2)12-7-9-13(10-8-12)19-16-14-5-3-4-6-15(14)20-17(18)21-16/h3-11H,1-2H3,(H,19,20,21). The van der Waals surface area contributed by atoms with Crippen LogP contribution in [0.5, 0.6) is 0 Å². The number of anilines is 2. The Kier molecular flexibility index (Phi) is 3.76. The van der Waals surface area contributed by atoms with Gasteiger partial charge in [-0.25, -0.2) is 4.98 Å². The lowest BCUT2D eigenvalue weighted by Gasteiger charge is -2.10. The molecule has 3 nitrogen and oxygen atoms in total. The minimum Gasteiger partial charge on any atom is -0.340 e. The van der Waals surface area contributed by atoms with Crippen LogP contribution in [-0.2, 0) is 0 Å². The maximum absolute atomic E-state index is 5.99. The van der Waals surface area contributed by atoms with Crippen molar-refractivity contribution in [3.63, 3.8) is 0 Å². The van der Waals surface area contributed by atoms with Crippen molar-refractivity contribution in [2.75, 3.05) is 5.32 Å². The van der Waals surface area contributed by atoms with E-state index in [0.29, 0.717) is 5.92 Å². The molecular weight excluding hydrogens is 282 g/mol. The highest BCUT2D eigenvalue weighted by Crippen LogP contribution is 2.26. The molecule has 1 heterocycles. The predicted molar refractivity (Wildman–Crippen MR) is 88.4 cm³/mol. The molecular formula is C17H16ClN3. The van der Waals surface area contributed by atoms with E-state index in [1.54, 1.807) is 0 Å². The minimum absolute atomic E-state index is 0.245. The van der Waals surface area contributed by atoms with E-state index in [4.69, 9.17) is 11.6 Å². The van der Waals surface area contributed by atoms with E-state index in [2.05, 4.69) is 53.4 Å². The summed E-state index contributed by atoms with van der Waals surface area (Å²) in [5, 5.41) is 4.52. The Hall–Kier alpha value is -2.13. The second-order valence-corrected chi connectivity index (χ2v) is 5.60. The van der Waals surface area contributed by atoms with Crippen LogP contribution in [0, 0.1) is 0 Å². The van der Waals surface area contributed by atoms with E-state index in [1.807, 2.05) is 24.3 Å². The molecule has 0 radical (unpaired) electrons. The quantitative estimate of drug-likeness (QED) is 0.679. The van der Waals surface area contributed by atoms with E-state index in [9.17, 15) is 0 Å². The van der Waals surface area contributed by atoms with Gasteiger partial charge in [0.2, 0.25) is 5.28 Å². The molecule has 0 aliphatic carbocycles. The van der Waals surface area contributed by atoms with Gasteiger partial charge < -0.3 is 5.32 Å². The van der Waals surface area contributed by atoms with Crippen molar-refractivity contribution < 1.29 is 0 Å². The van der Waals surface area contributed by atoms with Crippen molar-refractivity contribution in [2.45, 2.75) is 19.8 Å². The zero-order chi connectivity index (χ0) is 14.8. The highest BCUT2D eigenvalue weighted by molar-refractivity contribution is 6.28. The van der Waals surface area contributed by atoms with Crippen LogP contribution in [-0.4, -0.2) is 9.97 Å². The van der Waals surface area contributed by atoms with Crippen LogP contribution in [0.1, 0.15) is 25.3 Å². The van der Waals surface area contributed by atoms with Crippen molar-refractivity contribution in [1.29, 1.82) is 0 Å². The number of fused-ring (bicyclic) bond motifs is 1. The van der Waals surface area contributed by atoms with Gasteiger partial charge in [0.25, 0.3) is 0 Å². The summed E-state index contributed by atoms with van der Waals surface area (Å²) in [6, 6.07) is 16.2. The molecule has 3 rings (SSSR count). The molecule has 0 bridgehead atoms. The first-order valence-corrected chi connectivity index (χ1v) is 7.30. The third kappa shape index (κ3) is 2.98. The highest BCUT2D eigenvalue weighted by atomic mass is 35.5. The lowest BCUT2D eigenvalue weighted by atomic mass is 10.0. The Balaban J connectivity index is 1.97. The number of rotatable bonds is 3. The Morgan fingerprint density at radius 1 is 0.952 bits per heavy atom. The molecule has 0 fully saturated rings. The summed E-state index contributed by atoms with van der Waals surface area (Å²) >= 11 is 5.99. The highest BCUT2D eigenvalue weighted by Gasteiger charge is 2.07. The first-order chi connectivity index (χ1) is 10.1. The predicted octanol–water partition coefficient (Wildman–Crippen LogP) is 5.15. The Bertz CT molecular complexity index is 767. The van der Waals surface area contributed by atoms with Crippen LogP contribution < -0.4 is 5.32 Å². The Morgan fingerprint density at radius 3 is 2.38 bits per heavy atom. The van der Waals surface area contributed by atoms with Crippen molar-refractivity contribution in [3.05, 3.63) is 59.4 Å². The van der Waals surface area contributed by atoms with E-state index >= 15 is 0 Å². The lowest BCUT2D eigenvalue weighted by Crippen LogP contribution is -1.97. The number of halogens is 1. The minimum atomic E-state index is 0.245. The maximum atomic E-state index is 5.99. The molecule has 0 unspecified atom stereocenters. The van der Waals surface area contributed by atoms with Crippen LogP contribution >= 0.6 is 11.6 Å². The van der Waals surface area contributed by atoms with Gasteiger partial charge in [0.1, 0.15) is 5.82 Å². The molecule has 106 valence electrons. The van der Waals surface area contributed by atoms with E-state index in [1.165, 1.54) is 5.56 Å². The van der Waals surface area contributed by atoms with Crippen molar-refractivity contribution >= 4 is 34.0 Å². The van der Waals surface area contributed by atoms with E-state index < -0.39 is 0 Å². The summed E-state index contributed by atoms with van der Waals surface area (Å²) in [5.74, 6) is 1.25. The van der Waals surface area contributed by atoms with Gasteiger partial charge in [-0.1, -0.05) is 38.1 Å². The van der Waals surface area contributed by atoms with Gasteiger partial charge in [0, 0.05) is 11.1 Å². The van der Waals surface area contributed by atoms with Crippen LogP contribution in [0.3, 0.4) is 0 Å². The van der Waals surface area contributed by atoms with Gasteiger partial charge in [-0.15, -0.1) is 0 Å². The molecule has 1 N–H and O–H groups in total. The van der Waals surface area contributed by atoms with Gasteiger partial charge in [0.05, 0.1) is 5.52 Å². The molecule has 0 atom stereocenters. The number of hydrogen-bond donors (Lipinski definition) is 1. The van der Waals surface area contributed by atoms with Crippen LogP contribution in [0.25, 0.3) is 10.9 Å². The average molecular weight is 298 g/mol. The zero-order valence-corrected chi connectivity index (χ0v) is 12.7. The number of hydrogen-bond acceptors (Lipinski definition) is 3. The van der Waals surface area contributed by atoms with Gasteiger partial charge in [0.15, 0.2) is 0 Å². The van der Waals surface area contributed by atoms with Crippen LogP contribution in [0.2, 0.25) is 5.28 Å². The second-order valence-electron chi connectivity index (χ2n) is 5.26. The van der Waals surface area contributed by atoms with Crippen LogP contribution in [0.4, 0.5) is 11.5 Å². The maximum Gasteiger partial charge on any atom is 0.224 e. The molecule has 0 saturated carbocycles. The summed E-state index contributed by atoms with van der Waals surface area (Å²) in [4.78, 5) is 8.53. The summed E-state index contributed by atoms with van der Waals surface area (Å²) in [6.07, 6.45) is 0. The summed E-state index contributed by atoms with van der Waals surface area (Å²) < 4.78 is 0. The van der Waals surface area contributed by atoms with Gasteiger partial charge >= 0.3 is 0 Å². The molecule has 0 spiro atoms. The molecule has 4 heteroatoms. The molecule has 0 aliphatic heterocycles. The molecule has 0 saturated heterocycles. The third-order valence-electron chi connectivity index (χ3n) is 3.42. The molecule has 3 aromatic rings. The normalized spacial score (nSPS) is 11.0. The summed E-state index contributed by atoms with van der Waals surface area (Å²) in [6.45, 7) is 4.36. The topological polar surface area (TPSA) is 37.8 Å². The largest absolute Gasteiger partial charge is 0.340 e. The Morgan fingerprint density at radius 2 is 1.67 bits per heavy atom. The van der Waals surface area contributed by atoms with Crippen molar-refractivity contribution in [2.24, 2.45) is 0 Å². The summed E-state index contributed by atoms with van der Waals surface area (Å²) in [5.41, 5.74) is 3.13. The van der Waals surface area contributed by atoms with Gasteiger partial charge in [-0.2, -0.15) is 4.98 Å². The Labute approximate surface area is 129 Å². The fourth-order valence-electron chi connectivity index (χ4n) is 2.23. The van der Waals surface area contributed by atoms with Crippen LogP contribution in [0.15, 0.2) is 48.5 Å². The lowest BCUT2D eigenvalue weighted by molar-refractivity contribution is 0.867. The second kappa shape index (κ2) is 5.70. The molecule has 2 aromatic carbocycles. The van der Waals surface area contributed by atoms with Gasteiger partial charge in [-0.3, -0.25) is 0 Å². The molecule has 0 amide bonds. The average Bonchev–Trinajstić information content (AvgIpc) is 2.47. The third-order valence-corrected chi connectivity index (χ3v) is 3.59. The number of para-hydroxylation sites is 1. The molecule has 0 aliphatic rings. The monoisotopic (exact) mass is 297 g/mol. The smallest absolute Gasteiger partial charge is 0.224 e. The number of nitrogens with zero attached hydrogens (tertiary/aromatic N) is 2. The van der Waals surface area contributed by atoms with E-state index in [-0.39, 0.29) is 5.28 Å². The zero-order valence-electron chi connectivity index (χ0n) is 12.0. The van der Waals surface area contributed by atoms with Crippen molar-refractivity contribution in [1.82, 2.24) is 9.97 Å². The van der Waals surface area contributed by atoms with Gasteiger partial charge in [-0.05, 0) is 47.3 Å². The number of nitrogens with one attached hydrogen (secondary N) is 1. The molecule has 21 heavy (non-hydrogen) atoms. The fourth-order valence-corrected chi connectivity index (χ4v) is 2.41.